The lowest BCUT2D eigenvalue weighted by Gasteiger charge is -2.25. The zero-order valence-corrected chi connectivity index (χ0v) is 34.2. The lowest BCUT2D eigenvalue weighted by molar-refractivity contribution is 0.0495. The number of aryl methyl sites for hydroxylation is 2. The van der Waals surface area contributed by atoms with Crippen molar-refractivity contribution in [2.45, 2.75) is 143 Å². The molecule has 0 heterocycles. The van der Waals surface area contributed by atoms with Gasteiger partial charge in [0.1, 0.15) is 11.2 Å². The second-order valence-corrected chi connectivity index (χ2v) is 18.4. The van der Waals surface area contributed by atoms with Crippen molar-refractivity contribution in [3.8, 4) is 0 Å². The number of hydrogen-bond donors (Lipinski definition) is 4. The molecule has 0 saturated heterocycles. The fourth-order valence-electron chi connectivity index (χ4n) is 5.60. The van der Waals surface area contributed by atoms with Crippen LogP contribution in [0.3, 0.4) is 0 Å². The van der Waals surface area contributed by atoms with E-state index in [0.717, 1.165) is 35.1 Å². The summed E-state index contributed by atoms with van der Waals surface area (Å²) in [6.07, 6.45) is 3.14. The zero-order valence-electron chi connectivity index (χ0n) is 32.6. The molecule has 0 aliphatic heterocycles. The van der Waals surface area contributed by atoms with Crippen LogP contribution in [0.15, 0.2) is 36.4 Å². The normalized spacial score (nSPS) is 13.1. The Labute approximate surface area is 318 Å². The number of amides is 2. The number of aromatic carboxylic acids is 2. The van der Waals surface area contributed by atoms with E-state index in [1.165, 1.54) is 0 Å². The number of benzene rings is 2. The van der Waals surface area contributed by atoms with Crippen LogP contribution in [0.4, 0.5) is 9.59 Å². The molecule has 0 spiro atoms. The SMILES string of the molecule is CC(C)c1ccc(CCC[C@@H](CSSC[C@H](CCCc2ccc(C(C)C)c(C(=O)O)c2)NC(=O)OC(C)(C)C)NC(=O)OC(C)(C)C)cc1C(=O)O. The maximum atomic E-state index is 12.7. The van der Waals surface area contributed by atoms with E-state index in [4.69, 9.17) is 9.47 Å². The van der Waals surface area contributed by atoms with Crippen LogP contribution in [-0.4, -0.2) is 69.1 Å². The molecular formula is C40H60N2O8S2. The molecule has 2 aromatic rings. The van der Waals surface area contributed by atoms with Crippen molar-refractivity contribution in [1.82, 2.24) is 10.6 Å². The van der Waals surface area contributed by atoms with E-state index in [0.29, 0.717) is 48.3 Å². The van der Waals surface area contributed by atoms with Crippen molar-refractivity contribution in [2.75, 3.05) is 11.5 Å². The molecule has 0 saturated carbocycles. The first-order valence-corrected chi connectivity index (χ1v) is 20.6. The molecule has 52 heavy (non-hydrogen) atoms. The third kappa shape index (κ3) is 17.0. The minimum absolute atomic E-state index is 0.102. The van der Waals surface area contributed by atoms with Gasteiger partial charge in [0.2, 0.25) is 0 Å². The number of carboxylic acid groups (broad SMARTS) is 2. The van der Waals surface area contributed by atoms with Gasteiger partial charge in [0.15, 0.2) is 0 Å². The zero-order chi connectivity index (χ0) is 39.2. The van der Waals surface area contributed by atoms with Gasteiger partial charge in [-0.25, -0.2) is 19.2 Å². The Morgan fingerprint density at radius 1 is 0.635 bits per heavy atom. The van der Waals surface area contributed by atoms with Gasteiger partial charge in [-0.05, 0) is 126 Å². The third-order valence-corrected chi connectivity index (χ3v) is 10.6. The van der Waals surface area contributed by atoms with Gasteiger partial charge < -0.3 is 30.3 Å². The monoisotopic (exact) mass is 760 g/mol. The van der Waals surface area contributed by atoms with Crippen molar-refractivity contribution in [1.29, 1.82) is 0 Å². The van der Waals surface area contributed by atoms with E-state index in [9.17, 15) is 29.4 Å². The number of carboxylic acids is 2. The van der Waals surface area contributed by atoms with Crippen LogP contribution in [0, 0.1) is 0 Å². The molecule has 2 aromatic carbocycles. The number of ether oxygens (including phenoxy) is 2. The fraction of sp³-hybridized carbons (Fsp3) is 0.600. The smallest absolute Gasteiger partial charge is 0.407 e. The summed E-state index contributed by atoms with van der Waals surface area (Å²) in [7, 11) is 3.20. The molecule has 0 fully saturated rings. The van der Waals surface area contributed by atoms with Gasteiger partial charge >= 0.3 is 24.1 Å². The second-order valence-electron chi connectivity index (χ2n) is 15.8. The number of alkyl carbamates (subject to hydrolysis) is 2. The van der Waals surface area contributed by atoms with E-state index in [2.05, 4.69) is 10.6 Å². The highest BCUT2D eigenvalue weighted by Crippen LogP contribution is 2.27. The molecule has 0 aliphatic carbocycles. The van der Waals surface area contributed by atoms with E-state index in [1.54, 1.807) is 33.7 Å². The fourth-order valence-corrected chi connectivity index (χ4v) is 8.19. The average Bonchev–Trinajstić information content (AvgIpc) is 3.00. The largest absolute Gasteiger partial charge is 0.478 e. The Hall–Kier alpha value is -3.38. The Balaban J connectivity index is 2.07. The first-order valence-electron chi connectivity index (χ1n) is 18.1. The third-order valence-electron chi connectivity index (χ3n) is 8.04. The van der Waals surface area contributed by atoms with Crippen LogP contribution in [0.25, 0.3) is 0 Å². The van der Waals surface area contributed by atoms with Gasteiger partial charge in [-0.2, -0.15) is 0 Å². The molecule has 10 nitrogen and oxygen atoms in total. The molecule has 2 rings (SSSR count). The molecule has 0 aromatic heterocycles. The number of rotatable bonds is 19. The summed E-state index contributed by atoms with van der Waals surface area (Å²) < 4.78 is 11.1. The standard InChI is InChI=1S/C40H60N2O8S2/c1-25(2)31-19-17-27(21-33(31)35(43)44)13-11-15-29(41-37(47)49-39(5,6)7)23-51-52-24-30(42-38(48)50-40(8,9)10)16-12-14-28-18-20-32(26(3)4)34(22-28)36(45)46/h17-22,25-26,29-30H,11-16,23-24H2,1-10H3,(H,41,47)(H,42,48)(H,43,44)(H,45,46)/t29-,30-/m0/s1. The minimum atomic E-state index is -0.935. The maximum absolute atomic E-state index is 12.7. The predicted octanol–water partition coefficient (Wildman–Crippen LogP) is 9.84. The van der Waals surface area contributed by atoms with E-state index < -0.39 is 35.3 Å². The molecular weight excluding hydrogens is 701 g/mol. The summed E-state index contributed by atoms with van der Waals surface area (Å²) in [6.45, 7) is 18.8. The van der Waals surface area contributed by atoms with Crippen LogP contribution in [-0.2, 0) is 22.3 Å². The summed E-state index contributed by atoms with van der Waals surface area (Å²) in [6, 6.07) is 10.8. The Morgan fingerprint density at radius 3 is 1.27 bits per heavy atom. The average molecular weight is 761 g/mol. The lowest BCUT2D eigenvalue weighted by atomic mass is 9.93. The summed E-state index contributed by atoms with van der Waals surface area (Å²) in [4.78, 5) is 49.2. The highest BCUT2D eigenvalue weighted by molar-refractivity contribution is 8.76. The van der Waals surface area contributed by atoms with Crippen LogP contribution >= 0.6 is 21.6 Å². The van der Waals surface area contributed by atoms with E-state index >= 15 is 0 Å². The topological polar surface area (TPSA) is 151 Å². The Bertz CT molecular complexity index is 1390. The van der Waals surface area contributed by atoms with Gasteiger partial charge in [0, 0.05) is 23.6 Å². The van der Waals surface area contributed by atoms with Crippen molar-refractivity contribution >= 4 is 45.7 Å². The predicted molar refractivity (Wildman–Crippen MR) is 212 cm³/mol. The Kier molecular flexibility index (Phi) is 17.9. The molecule has 12 heteroatoms. The molecule has 0 radical (unpaired) electrons. The summed E-state index contributed by atoms with van der Waals surface area (Å²) in [5.41, 5.74) is 2.85. The van der Waals surface area contributed by atoms with Gasteiger partial charge in [-0.15, -0.1) is 0 Å². The van der Waals surface area contributed by atoms with Crippen molar-refractivity contribution < 1.29 is 38.9 Å². The molecule has 0 bridgehead atoms. The van der Waals surface area contributed by atoms with E-state index in [-0.39, 0.29) is 23.9 Å². The van der Waals surface area contributed by atoms with Crippen molar-refractivity contribution in [3.63, 3.8) is 0 Å². The van der Waals surface area contributed by atoms with Gasteiger partial charge in [0.25, 0.3) is 0 Å². The Morgan fingerprint density at radius 2 is 0.981 bits per heavy atom. The number of hydrogen-bond acceptors (Lipinski definition) is 8. The highest BCUT2D eigenvalue weighted by atomic mass is 33.1. The first kappa shape index (κ1) is 44.8. The van der Waals surface area contributed by atoms with Crippen molar-refractivity contribution in [2.24, 2.45) is 0 Å². The highest BCUT2D eigenvalue weighted by Gasteiger charge is 2.23. The van der Waals surface area contributed by atoms with Gasteiger partial charge in [-0.3, -0.25) is 0 Å². The molecule has 0 unspecified atom stereocenters. The molecule has 290 valence electrons. The van der Waals surface area contributed by atoms with Crippen LogP contribution in [0.5, 0.6) is 0 Å². The maximum Gasteiger partial charge on any atom is 0.407 e. The van der Waals surface area contributed by atoms with Crippen molar-refractivity contribution in [3.05, 3.63) is 69.8 Å². The summed E-state index contributed by atoms with van der Waals surface area (Å²) >= 11 is 0. The van der Waals surface area contributed by atoms with Crippen LogP contribution in [0.2, 0.25) is 0 Å². The first-order chi connectivity index (χ1) is 24.1. The quantitative estimate of drug-likeness (QED) is 0.0805. The number of carbonyl (C=O) groups is 4. The molecule has 2 amide bonds. The second kappa shape index (κ2) is 20.8. The van der Waals surface area contributed by atoms with E-state index in [1.807, 2.05) is 93.5 Å². The minimum Gasteiger partial charge on any atom is -0.478 e. The van der Waals surface area contributed by atoms with Crippen LogP contribution in [0.1, 0.15) is 150 Å². The molecule has 4 N–H and O–H groups in total. The lowest BCUT2D eigenvalue weighted by Crippen LogP contribution is -2.41. The van der Waals surface area contributed by atoms with Crippen LogP contribution < -0.4 is 10.6 Å². The van der Waals surface area contributed by atoms with Gasteiger partial charge in [-0.1, -0.05) is 73.5 Å². The summed E-state index contributed by atoms with van der Waals surface area (Å²) in [5, 5.41) is 25.5. The molecule has 2 atom stereocenters. The summed E-state index contributed by atoms with van der Waals surface area (Å²) in [5.74, 6) is -0.479. The number of nitrogens with one attached hydrogen (secondary N) is 2. The van der Waals surface area contributed by atoms with Gasteiger partial charge in [0.05, 0.1) is 11.1 Å². The number of carbonyl (C=O) groups excluding carboxylic acids is 2. The molecule has 0 aliphatic rings.